The number of para-hydroxylation sites is 2. The third-order valence-electron chi connectivity index (χ3n) is 10.4. The van der Waals surface area contributed by atoms with Crippen LogP contribution in [0.5, 0.6) is 0 Å². The Labute approximate surface area is 328 Å². The van der Waals surface area contributed by atoms with Crippen LogP contribution in [0.3, 0.4) is 0 Å². The fourth-order valence-corrected chi connectivity index (χ4v) is 8.83. The maximum absolute atomic E-state index is 6.51. The molecule has 0 bridgehead atoms. The molecule has 0 spiro atoms. The van der Waals surface area contributed by atoms with Crippen LogP contribution >= 0.6 is 11.3 Å². The zero-order chi connectivity index (χ0) is 37.4. The largest absolute Gasteiger partial charge is 0.309 e. The van der Waals surface area contributed by atoms with Gasteiger partial charge in [0.25, 0.3) is 0 Å². The number of rotatable bonds is 5. The highest BCUT2D eigenvalue weighted by Crippen LogP contribution is 2.42. The van der Waals surface area contributed by atoms with Gasteiger partial charge in [0.05, 0.1) is 11.0 Å². The van der Waals surface area contributed by atoms with Crippen LogP contribution in [0, 0.1) is 0 Å². The number of fused-ring (bicyclic) bond motifs is 6. The van der Waals surface area contributed by atoms with Gasteiger partial charge in [-0.25, -0.2) is 15.0 Å². The molecule has 0 aliphatic heterocycles. The smallest absolute Gasteiger partial charge is 0.165 e. The molecule has 3 aromatic heterocycles. The molecule has 0 saturated carbocycles. The van der Waals surface area contributed by atoms with Crippen molar-refractivity contribution in [3.63, 3.8) is 0 Å². The second kappa shape index (κ2) is 13.0. The van der Waals surface area contributed by atoms with E-state index in [-0.39, 0.29) is 33.1 Å². The Hall–Kier alpha value is -6.11. The minimum absolute atomic E-state index is 0.129. The van der Waals surface area contributed by atoms with E-state index in [9.17, 15) is 0 Å². The van der Waals surface area contributed by atoms with Gasteiger partial charge in [-0.15, -0.1) is 27.7 Å². The molecule has 7 aromatic carbocycles. The van der Waals surface area contributed by atoms with Gasteiger partial charge >= 0.3 is 0 Å². The van der Waals surface area contributed by atoms with Crippen LogP contribution in [0.4, 0.5) is 0 Å². The van der Waals surface area contributed by atoms with Crippen molar-refractivity contribution in [1.29, 1.82) is 0 Å². The highest BCUT2D eigenvalue weighted by atomic mass is 32.1. The Bertz CT molecular complexity index is 3130. The molecule has 0 atom stereocenters. The SMILES string of the molecule is [B]c1c([B])c([B])c(-c2nc(-c3ccccc3)nc(-c3cccc4c3sc3cc(-c5ccc6c(c5)c5ccccc5n6-c5ccccc5)ccc34)n2)c([B])c1[B]. The zero-order valence-electron chi connectivity index (χ0n) is 29.4. The summed E-state index contributed by atoms with van der Waals surface area (Å²) in [4.78, 5) is 14.8. The summed E-state index contributed by atoms with van der Waals surface area (Å²) >= 11 is 1.71. The van der Waals surface area contributed by atoms with Crippen molar-refractivity contribution in [3.05, 3.63) is 140 Å². The molecular weight excluding hydrogens is 683 g/mol. The van der Waals surface area contributed by atoms with Gasteiger partial charge in [-0.3, -0.25) is 0 Å². The van der Waals surface area contributed by atoms with Gasteiger partial charge in [0.15, 0.2) is 17.5 Å². The number of thiophene rings is 1. The second-order valence-electron chi connectivity index (χ2n) is 13.5. The van der Waals surface area contributed by atoms with Gasteiger partial charge in [0.2, 0.25) is 0 Å². The number of hydrogen-bond donors (Lipinski definition) is 0. The van der Waals surface area contributed by atoms with Crippen molar-refractivity contribution in [3.8, 4) is 51.0 Å². The maximum Gasteiger partial charge on any atom is 0.165 e. The van der Waals surface area contributed by atoms with Crippen LogP contribution in [0.1, 0.15) is 0 Å². The standard InChI is InChI=1S/C45H23B5N4S/c46-37-36(38(47)40(49)41(50)39(37)48)45-52-43(24-10-3-1-4-11-24)51-44(53-45)31-16-9-15-30-29-20-18-26(23-35(29)55-42(30)31)25-19-21-34-32(22-25)28-14-7-8-17-33(28)54(34)27-12-5-2-6-13-27/h1-23H. The molecule has 0 amide bonds. The van der Waals surface area contributed by atoms with E-state index in [4.69, 9.17) is 54.2 Å². The number of benzene rings is 7. The molecule has 3 heterocycles. The van der Waals surface area contributed by atoms with Gasteiger partial charge in [-0.2, -0.15) is 0 Å². The van der Waals surface area contributed by atoms with E-state index in [1.54, 1.807) is 11.3 Å². The number of nitrogens with zero attached hydrogens (tertiary/aromatic N) is 4. The zero-order valence-corrected chi connectivity index (χ0v) is 30.2. The van der Waals surface area contributed by atoms with Gasteiger partial charge in [-0.05, 0) is 53.6 Å². The molecule has 4 nitrogen and oxygen atoms in total. The summed E-state index contributed by atoms with van der Waals surface area (Å²) in [7, 11) is 31.7. The molecule has 0 unspecified atom stereocenters. The first-order valence-electron chi connectivity index (χ1n) is 17.7. The van der Waals surface area contributed by atoms with Crippen molar-refractivity contribution in [1.82, 2.24) is 19.5 Å². The average Bonchev–Trinajstić information content (AvgIpc) is 3.78. The van der Waals surface area contributed by atoms with Crippen molar-refractivity contribution in [2.75, 3.05) is 0 Å². The lowest BCUT2D eigenvalue weighted by molar-refractivity contribution is 1.08. The van der Waals surface area contributed by atoms with Crippen LogP contribution in [0.2, 0.25) is 0 Å². The highest BCUT2D eigenvalue weighted by Gasteiger charge is 2.20. The molecule has 10 radical (unpaired) electrons. The molecule has 0 N–H and O–H groups in total. The van der Waals surface area contributed by atoms with E-state index < -0.39 is 0 Å². The first kappa shape index (κ1) is 33.5. The van der Waals surface area contributed by atoms with Crippen LogP contribution in [-0.2, 0) is 0 Å². The van der Waals surface area contributed by atoms with E-state index in [0.717, 1.165) is 48.1 Å². The highest BCUT2D eigenvalue weighted by molar-refractivity contribution is 7.26. The fraction of sp³-hybridized carbons (Fsp3) is 0. The molecule has 0 aliphatic carbocycles. The summed E-state index contributed by atoms with van der Waals surface area (Å²) < 4.78 is 4.53. The van der Waals surface area contributed by atoms with Crippen molar-refractivity contribution in [2.24, 2.45) is 0 Å². The summed E-state index contributed by atoms with van der Waals surface area (Å²) in [5.41, 5.74) is 8.47. The molecular formula is C45H23B5N4S. The van der Waals surface area contributed by atoms with Crippen molar-refractivity contribution in [2.45, 2.75) is 0 Å². The Morgan fingerprint density at radius 1 is 0.418 bits per heavy atom. The molecule has 0 fully saturated rings. The molecule has 0 saturated heterocycles. The minimum Gasteiger partial charge on any atom is -0.309 e. The van der Waals surface area contributed by atoms with Gasteiger partial charge in [0, 0.05) is 53.3 Å². The first-order valence-corrected chi connectivity index (χ1v) is 18.5. The maximum atomic E-state index is 6.51. The monoisotopic (exact) mass is 706 g/mol. The van der Waals surface area contributed by atoms with E-state index in [0.29, 0.717) is 17.2 Å². The normalized spacial score (nSPS) is 11.6. The molecule has 0 aliphatic rings. The van der Waals surface area contributed by atoms with Crippen molar-refractivity contribution < 1.29 is 0 Å². The molecule has 244 valence electrons. The molecule has 10 heteroatoms. The van der Waals surface area contributed by atoms with Gasteiger partial charge in [-0.1, -0.05) is 108 Å². The predicted molar refractivity (Wildman–Crippen MR) is 236 cm³/mol. The van der Waals surface area contributed by atoms with Crippen LogP contribution < -0.4 is 27.3 Å². The van der Waals surface area contributed by atoms with Crippen LogP contribution in [0.25, 0.3) is 93.0 Å². The lowest BCUT2D eigenvalue weighted by atomic mass is 9.60. The van der Waals surface area contributed by atoms with E-state index in [1.807, 2.05) is 48.5 Å². The third kappa shape index (κ3) is 5.38. The molecule has 10 rings (SSSR count). The van der Waals surface area contributed by atoms with Crippen LogP contribution in [0.15, 0.2) is 140 Å². The Kier molecular flexibility index (Phi) is 7.93. The molecule has 10 aromatic rings. The summed E-state index contributed by atoms with van der Waals surface area (Å²) in [5.74, 6) is 1.17. The number of hydrogen-bond acceptors (Lipinski definition) is 4. The first-order chi connectivity index (χ1) is 26.9. The lowest BCUT2D eigenvalue weighted by Gasteiger charge is -2.20. The van der Waals surface area contributed by atoms with Gasteiger partial charge in [0.1, 0.15) is 39.2 Å². The summed E-state index contributed by atoms with van der Waals surface area (Å²) in [5, 5.41) is 4.68. The van der Waals surface area contributed by atoms with E-state index >= 15 is 0 Å². The Morgan fingerprint density at radius 3 is 1.80 bits per heavy atom. The predicted octanol–water partition coefficient (Wildman–Crippen LogP) is 5.97. The average molecular weight is 706 g/mol. The lowest BCUT2D eigenvalue weighted by Crippen LogP contribution is -2.55. The topological polar surface area (TPSA) is 43.6 Å². The summed E-state index contributed by atoms with van der Waals surface area (Å²) in [6.45, 7) is 0. The van der Waals surface area contributed by atoms with Crippen LogP contribution in [-0.4, -0.2) is 58.8 Å². The van der Waals surface area contributed by atoms with E-state index in [2.05, 4.69) is 95.6 Å². The second-order valence-corrected chi connectivity index (χ2v) is 14.6. The Morgan fingerprint density at radius 2 is 1.02 bits per heavy atom. The fourth-order valence-electron chi connectivity index (χ4n) is 7.58. The van der Waals surface area contributed by atoms with Crippen molar-refractivity contribution >= 4 is 120 Å². The molecule has 55 heavy (non-hydrogen) atoms. The Balaban J connectivity index is 1.13. The summed E-state index contributed by atoms with van der Waals surface area (Å²) in [6, 6.07) is 48.4. The van der Waals surface area contributed by atoms with Gasteiger partial charge < -0.3 is 4.57 Å². The van der Waals surface area contributed by atoms with E-state index in [1.165, 1.54) is 21.8 Å². The summed E-state index contributed by atoms with van der Waals surface area (Å²) in [6.07, 6.45) is 0. The number of aromatic nitrogens is 4. The third-order valence-corrected chi connectivity index (χ3v) is 11.6. The quantitative estimate of drug-likeness (QED) is 0.207. The minimum atomic E-state index is 0.129.